The predicted octanol–water partition coefficient (Wildman–Crippen LogP) is 3.49. The molecule has 0 bridgehead atoms. The molecule has 1 amide bonds. The van der Waals surface area contributed by atoms with Crippen LogP contribution in [0.2, 0.25) is 0 Å². The first-order valence-corrected chi connectivity index (χ1v) is 7.66. The van der Waals surface area contributed by atoms with Crippen LogP contribution in [0.4, 0.5) is 15.8 Å². The molecule has 1 aliphatic heterocycles. The van der Waals surface area contributed by atoms with Gasteiger partial charge in [-0.15, -0.1) is 11.8 Å². The fourth-order valence-electron chi connectivity index (χ4n) is 2.34. The predicted molar refractivity (Wildman–Crippen MR) is 84.7 cm³/mol. The molecule has 108 valence electrons. The lowest BCUT2D eigenvalue weighted by Gasteiger charge is -2.24. The van der Waals surface area contributed by atoms with Crippen molar-refractivity contribution in [3.8, 4) is 0 Å². The third-order valence-electron chi connectivity index (χ3n) is 3.52. The zero-order valence-corrected chi connectivity index (χ0v) is 12.4. The largest absolute Gasteiger partial charge is 0.399 e. The van der Waals surface area contributed by atoms with Gasteiger partial charge in [-0.1, -0.05) is 18.2 Å². The average Bonchev–Trinajstić information content (AvgIpc) is 2.85. The standard InChI is InChI=1S/C16H15FN2OS/c1-10-2-7-13(8-14(10)17)19-15(20)9-21-16(19)11-3-5-12(18)6-4-11/h2-8,16H,9,18H2,1H3/t16-/m0/s1. The second-order valence-electron chi connectivity index (χ2n) is 5.03. The van der Waals surface area contributed by atoms with Crippen molar-refractivity contribution in [1.29, 1.82) is 0 Å². The van der Waals surface area contributed by atoms with E-state index in [9.17, 15) is 9.18 Å². The molecule has 2 aromatic rings. The van der Waals surface area contributed by atoms with Gasteiger partial charge in [0.15, 0.2) is 0 Å². The van der Waals surface area contributed by atoms with Gasteiger partial charge < -0.3 is 5.73 Å². The summed E-state index contributed by atoms with van der Waals surface area (Å²) in [4.78, 5) is 13.8. The first kappa shape index (κ1) is 13.9. The molecule has 5 heteroatoms. The van der Waals surface area contributed by atoms with E-state index in [-0.39, 0.29) is 17.1 Å². The molecule has 21 heavy (non-hydrogen) atoms. The van der Waals surface area contributed by atoms with Crippen LogP contribution in [0.25, 0.3) is 0 Å². The number of nitrogens with two attached hydrogens (primary N) is 1. The van der Waals surface area contributed by atoms with E-state index < -0.39 is 0 Å². The summed E-state index contributed by atoms with van der Waals surface area (Å²) in [7, 11) is 0. The summed E-state index contributed by atoms with van der Waals surface area (Å²) in [5.41, 5.74) is 8.53. The van der Waals surface area contributed by atoms with Crippen LogP contribution in [0.15, 0.2) is 42.5 Å². The van der Waals surface area contributed by atoms with Gasteiger partial charge in [0.05, 0.1) is 5.75 Å². The fourth-order valence-corrected chi connectivity index (χ4v) is 3.52. The van der Waals surface area contributed by atoms with Crippen molar-refractivity contribution in [3.63, 3.8) is 0 Å². The molecule has 3 nitrogen and oxygen atoms in total. The van der Waals surface area contributed by atoms with Gasteiger partial charge >= 0.3 is 0 Å². The topological polar surface area (TPSA) is 46.3 Å². The highest BCUT2D eigenvalue weighted by Crippen LogP contribution is 2.42. The van der Waals surface area contributed by atoms with E-state index in [2.05, 4.69) is 0 Å². The number of benzene rings is 2. The van der Waals surface area contributed by atoms with Crippen LogP contribution in [0.1, 0.15) is 16.5 Å². The van der Waals surface area contributed by atoms with E-state index in [4.69, 9.17) is 5.73 Å². The van der Waals surface area contributed by atoms with E-state index in [0.29, 0.717) is 22.7 Å². The monoisotopic (exact) mass is 302 g/mol. The minimum absolute atomic E-state index is 0.00919. The van der Waals surface area contributed by atoms with Crippen molar-refractivity contribution in [2.24, 2.45) is 0 Å². The Kier molecular flexibility index (Phi) is 3.59. The highest BCUT2D eigenvalue weighted by molar-refractivity contribution is 8.00. The number of halogens is 1. The van der Waals surface area contributed by atoms with Crippen LogP contribution in [0.3, 0.4) is 0 Å². The molecule has 0 aromatic heterocycles. The van der Waals surface area contributed by atoms with Crippen molar-refractivity contribution < 1.29 is 9.18 Å². The second kappa shape index (κ2) is 5.41. The first-order chi connectivity index (χ1) is 10.1. The van der Waals surface area contributed by atoms with Gasteiger partial charge in [0.1, 0.15) is 11.2 Å². The van der Waals surface area contributed by atoms with Crippen LogP contribution >= 0.6 is 11.8 Å². The number of amides is 1. The first-order valence-electron chi connectivity index (χ1n) is 6.61. The number of nitrogens with zero attached hydrogens (tertiary/aromatic N) is 1. The average molecular weight is 302 g/mol. The number of hydrogen-bond acceptors (Lipinski definition) is 3. The molecule has 1 saturated heterocycles. The Balaban J connectivity index is 1.99. The minimum atomic E-state index is -0.298. The summed E-state index contributed by atoms with van der Waals surface area (Å²) >= 11 is 1.54. The number of anilines is 2. The maximum atomic E-state index is 13.8. The maximum absolute atomic E-state index is 13.8. The number of aryl methyl sites for hydroxylation is 1. The summed E-state index contributed by atoms with van der Waals surface area (Å²) < 4.78 is 13.8. The molecular weight excluding hydrogens is 287 g/mol. The van der Waals surface area contributed by atoms with Gasteiger partial charge in [-0.25, -0.2) is 4.39 Å². The Morgan fingerprint density at radius 2 is 1.95 bits per heavy atom. The van der Waals surface area contributed by atoms with E-state index in [1.807, 2.05) is 24.3 Å². The van der Waals surface area contributed by atoms with Gasteiger partial charge in [0, 0.05) is 11.4 Å². The Morgan fingerprint density at radius 1 is 1.24 bits per heavy atom. The molecule has 1 aliphatic rings. The molecule has 0 saturated carbocycles. The zero-order chi connectivity index (χ0) is 15.0. The normalized spacial score (nSPS) is 18.3. The lowest BCUT2D eigenvalue weighted by atomic mass is 10.1. The highest BCUT2D eigenvalue weighted by Gasteiger charge is 2.34. The molecule has 1 atom stereocenters. The SMILES string of the molecule is Cc1ccc(N2C(=O)CS[C@H]2c2ccc(N)cc2)cc1F. The van der Waals surface area contributed by atoms with Crippen LogP contribution in [0, 0.1) is 12.7 Å². The number of carbonyl (C=O) groups excluding carboxylic acids is 1. The van der Waals surface area contributed by atoms with E-state index >= 15 is 0 Å². The Bertz CT molecular complexity index is 687. The molecule has 0 radical (unpaired) electrons. The van der Waals surface area contributed by atoms with Crippen molar-refractivity contribution in [2.75, 3.05) is 16.4 Å². The van der Waals surface area contributed by atoms with Crippen molar-refractivity contribution in [3.05, 3.63) is 59.4 Å². The fraction of sp³-hybridized carbons (Fsp3) is 0.188. The molecule has 3 rings (SSSR count). The number of rotatable bonds is 2. The van der Waals surface area contributed by atoms with Gasteiger partial charge in [-0.2, -0.15) is 0 Å². The van der Waals surface area contributed by atoms with Crippen molar-refractivity contribution in [1.82, 2.24) is 0 Å². The number of hydrogen-bond donors (Lipinski definition) is 1. The molecule has 0 spiro atoms. The summed E-state index contributed by atoms with van der Waals surface area (Å²) in [5, 5.41) is -0.139. The summed E-state index contributed by atoms with van der Waals surface area (Å²) in [6.07, 6.45) is 0. The summed E-state index contributed by atoms with van der Waals surface area (Å²) in [6.45, 7) is 1.71. The number of thioether (sulfide) groups is 1. The highest BCUT2D eigenvalue weighted by atomic mass is 32.2. The quantitative estimate of drug-likeness (QED) is 0.864. The van der Waals surface area contributed by atoms with Crippen LogP contribution in [0.5, 0.6) is 0 Å². The maximum Gasteiger partial charge on any atom is 0.238 e. The zero-order valence-electron chi connectivity index (χ0n) is 11.5. The van der Waals surface area contributed by atoms with Crippen LogP contribution in [-0.2, 0) is 4.79 Å². The molecule has 2 aromatic carbocycles. The smallest absolute Gasteiger partial charge is 0.238 e. The Labute approximate surface area is 126 Å². The van der Waals surface area contributed by atoms with Crippen LogP contribution < -0.4 is 10.6 Å². The van der Waals surface area contributed by atoms with Crippen molar-refractivity contribution >= 4 is 29.0 Å². The van der Waals surface area contributed by atoms with E-state index in [1.165, 1.54) is 17.8 Å². The molecule has 1 fully saturated rings. The Morgan fingerprint density at radius 3 is 2.62 bits per heavy atom. The molecule has 0 unspecified atom stereocenters. The van der Waals surface area contributed by atoms with E-state index in [0.717, 1.165) is 5.56 Å². The van der Waals surface area contributed by atoms with Crippen molar-refractivity contribution in [2.45, 2.75) is 12.3 Å². The number of carbonyl (C=O) groups is 1. The molecule has 2 N–H and O–H groups in total. The molecular formula is C16H15FN2OS. The Hall–Kier alpha value is -2.01. The van der Waals surface area contributed by atoms with Gasteiger partial charge in [0.25, 0.3) is 0 Å². The third kappa shape index (κ3) is 2.61. The lowest BCUT2D eigenvalue weighted by molar-refractivity contribution is -0.115. The lowest BCUT2D eigenvalue weighted by Crippen LogP contribution is -2.27. The van der Waals surface area contributed by atoms with Gasteiger partial charge in [-0.05, 0) is 42.3 Å². The summed E-state index contributed by atoms with van der Waals surface area (Å²) in [5.74, 6) is 0.0863. The molecule has 1 heterocycles. The summed E-state index contributed by atoms with van der Waals surface area (Å²) in [6, 6.07) is 12.3. The second-order valence-corrected chi connectivity index (χ2v) is 6.10. The molecule has 0 aliphatic carbocycles. The van der Waals surface area contributed by atoms with E-state index in [1.54, 1.807) is 24.0 Å². The third-order valence-corrected chi connectivity index (χ3v) is 4.74. The van der Waals surface area contributed by atoms with Gasteiger partial charge in [-0.3, -0.25) is 9.69 Å². The van der Waals surface area contributed by atoms with Gasteiger partial charge in [0.2, 0.25) is 5.91 Å². The minimum Gasteiger partial charge on any atom is -0.399 e. The number of nitrogen functional groups attached to an aromatic ring is 1. The van der Waals surface area contributed by atoms with Crippen LogP contribution in [-0.4, -0.2) is 11.7 Å².